The molecule has 6 rings (SSSR count). The van der Waals surface area contributed by atoms with E-state index in [0.717, 1.165) is 43.1 Å². The lowest BCUT2D eigenvalue weighted by Gasteiger charge is -2.55. The standard InChI is InChI=1S/C10H14O.C9H14O/c1-6-4-7-5-8(9(6)11)10(7,2)3;1-9(2)6-3-4-8(10)7(9)5-6/h7-8H,1,4-5H2,2-3H3;6-7H,3-5H2,1-2H3/t7-,8-;6-,7-/m00/s1. The largest absolute Gasteiger partial charge is 0.299 e. The Morgan fingerprint density at radius 3 is 1.86 bits per heavy atom. The predicted octanol–water partition coefficient (Wildman–Crippen LogP) is 4.19. The van der Waals surface area contributed by atoms with E-state index in [9.17, 15) is 9.59 Å². The number of ketones is 2. The zero-order chi connectivity index (χ0) is 15.6. The number of fused-ring (bicyclic) bond motifs is 4. The highest BCUT2D eigenvalue weighted by molar-refractivity contribution is 5.99. The molecule has 0 N–H and O–H groups in total. The fourth-order valence-corrected chi connectivity index (χ4v) is 4.99. The normalized spacial score (nSPS) is 41.4. The highest BCUT2D eigenvalue weighted by Gasteiger charge is 2.55. The Labute approximate surface area is 128 Å². The van der Waals surface area contributed by atoms with Crippen molar-refractivity contribution in [2.24, 2.45) is 34.5 Å². The molecule has 0 aliphatic heterocycles. The summed E-state index contributed by atoms with van der Waals surface area (Å²) in [5, 5.41) is 0. The van der Waals surface area contributed by atoms with Crippen molar-refractivity contribution in [3.05, 3.63) is 12.2 Å². The van der Waals surface area contributed by atoms with Crippen LogP contribution in [0.4, 0.5) is 0 Å². The Bertz CT molecular complexity index is 510. The van der Waals surface area contributed by atoms with Gasteiger partial charge in [-0.05, 0) is 53.9 Å². The van der Waals surface area contributed by atoms with Gasteiger partial charge in [-0.1, -0.05) is 34.3 Å². The lowest BCUT2D eigenvalue weighted by atomic mass is 9.47. The molecule has 2 heteroatoms. The van der Waals surface area contributed by atoms with Crippen molar-refractivity contribution in [3.63, 3.8) is 0 Å². The zero-order valence-corrected chi connectivity index (χ0v) is 13.9. The second kappa shape index (κ2) is 4.54. The van der Waals surface area contributed by atoms with E-state index in [1.807, 2.05) is 0 Å². The lowest BCUT2D eigenvalue weighted by molar-refractivity contribution is -0.148. The van der Waals surface area contributed by atoms with E-state index in [4.69, 9.17) is 0 Å². The van der Waals surface area contributed by atoms with Gasteiger partial charge in [-0.25, -0.2) is 0 Å². The van der Waals surface area contributed by atoms with Crippen LogP contribution >= 0.6 is 0 Å². The molecule has 0 heterocycles. The van der Waals surface area contributed by atoms with Gasteiger partial charge >= 0.3 is 0 Å². The van der Waals surface area contributed by atoms with Gasteiger partial charge in [0.25, 0.3) is 0 Å². The van der Waals surface area contributed by atoms with Crippen molar-refractivity contribution in [3.8, 4) is 0 Å². The fraction of sp³-hybridized carbons (Fsp3) is 0.789. The van der Waals surface area contributed by atoms with Gasteiger partial charge in [-0.2, -0.15) is 0 Å². The molecule has 6 fully saturated rings. The topological polar surface area (TPSA) is 34.1 Å². The number of allylic oxidation sites excluding steroid dienone is 1. The third kappa shape index (κ3) is 2.05. The first kappa shape index (κ1) is 15.0. The van der Waals surface area contributed by atoms with E-state index in [1.54, 1.807) is 0 Å². The first-order valence-corrected chi connectivity index (χ1v) is 8.40. The van der Waals surface area contributed by atoms with Crippen LogP contribution in [0, 0.1) is 34.5 Å². The molecule has 0 saturated heterocycles. The van der Waals surface area contributed by atoms with Gasteiger partial charge in [0.2, 0.25) is 0 Å². The quantitative estimate of drug-likeness (QED) is 0.626. The summed E-state index contributed by atoms with van der Waals surface area (Å²) in [6.45, 7) is 12.7. The predicted molar refractivity (Wildman–Crippen MR) is 83.8 cm³/mol. The van der Waals surface area contributed by atoms with Crippen molar-refractivity contribution >= 4 is 11.6 Å². The zero-order valence-electron chi connectivity index (χ0n) is 13.9. The van der Waals surface area contributed by atoms with Crippen LogP contribution in [-0.2, 0) is 9.59 Å². The monoisotopic (exact) mass is 288 g/mol. The lowest BCUT2D eigenvalue weighted by Crippen LogP contribution is -2.53. The summed E-state index contributed by atoms with van der Waals surface area (Å²) in [7, 11) is 0. The smallest absolute Gasteiger partial charge is 0.161 e. The number of carbonyl (C=O) groups is 2. The summed E-state index contributed by atoms with van der Waals surface area (Å²) in [6, 6.07) is 0. The van der Waals surface area contributed by atoms with Gasteiger partial charge in [-0.15, -0.1) is 0 Å². The van der Waals surface area contributed by atoms with Gasteiger partial charge in [0.05, 0.1) is 0 Å². The summed E-state index contributed by atoms with van der Waals surface area (Å²) in [6.07, 6.45) is 5.26. The highest BCUT2D eigenvalue weighted by Crippen LogP contribution is 2.58. The van der Waals surface area contributed by atoms with Crippen molar-refractivity contribution in [2.45, 2.75) is 59.8 Å². The number of rotatable bonds is 0. The van der Waals surface area contributed by atoms with Crippen molar-refractivity contribution < 1.29 is 9.59 Å². The molecule has 0 unspecified atom stereocenters. The minimum Gasteiger partial charge on any atom is -0.299 e. The molecule has 0 aromatic heterocycles. The highest BCUT2D eigenvalue weighted by atomic mass is 16.1. The van der Waals surface area contributed by atoms with Crippen molar-refractivity contribution in [1.82, 2.24) is 0 Å². The van der Waals surface area contributed by atoms with Crippen LogP contribution in [0.2, 0.25) is 0 Å². The molecular weight excluding hydrogens is 260 g/mol. The van der Waals surface area contributed by atoms with Crippen LogP contribution in [-0.4, -0.2) is 11.6 Å². The number of hydrogen-bond donors (Lipinski definition) is 0. The maximum atomic E-state index is 11.5. The third-order valence-electron chi connectivity index (χ3n) is 7.23. The van der Waals surface area contributed by atoms with Gasteiger partial charge in [0, 0.05) is 18.3 Å². The van der Waals surface area contributed by atoms with Gasteiger partial charge in [-0.3, -0.25) is 9.59 Å². The molecule has 0 amide bonds. The Kier molecular flexibility index (Phi) is 3.24. The fourth-order valence-electron chi connectivity index (χ4n) is 4.99. The van der Waals surface area contributed by atoms with Crippen LogP contribution in [0.15, 0.2) is 12.2 Å². The van der Waals surface area contributed by atoms with Crippen molar-refractivity contribution in [1.29, 1.82) is 0 Å². The van der Waals surface area contributed by atoms with Gasteiger partial charge in [0.15, 0.2) is 5.78 Å². The maximum Gasteiger partial charge on any atom is 0.161 e. The Morgan fingerprint density at radius 1 is 0.952 bits per heavy atom. The first-order valence-electron chi connectivity index (χ1n) is 8.40. The maximum absolute atomic E-state index is 11.5. The molecular formula is C19H28O2. The summed E-state index contributed by atoms with van der Waals surface area (Å²) < 4.78 is 0. The van der Waals surface area contributed by atoms with Crippen LogP contribution in [0.5, 0.6) is 0 Å². The molecule has 116 valence electrons. The number of Topliss-reactive ketones (excluding diaryl/α,β-unsaturated/α-hetero) is 2. The van der Waals surface area contributed by atoms with Gasteiger partial charge < -0.3 is 0 Å². The van der Waals surface area contributed by atoms with Crippen LogP contribution in [0.1, 0.15) is 59.8 Å². The SMILES string of the molecule is C=C1C[C@H]2C[C@@H](C1=O)C2(C)C.CC1(C)[C@H]2CCC(=O)[C@@H]1C2. The first-order chi connectivity index (χ1) is 9.65. The third-order valence-corrected chi connectivity index (χ3v) is 7.23. The summed E-state index contributed by atoms with van der Waals surface area (Å²) in [5.41, 5.74) is 1.50. The molecule has 0 spiro atoms. The second-order valence-corrected chi connectivity index (χ2v) is 8.79. The average molecular weight is 288 g/mol. The van der Waals surface area contributed by atoms with Gasteiger partial charge in [0.1, 0.15) is 5.78 Å². The molecule has 0 aromatic carbocycles. The van der Waals surface area contributed by atoms with Crippen molar-refractivity contribution in [2.75, 3.05) is 0 Å². The molecule has 21 heavy (non-hydrogen) atoms. The average Bonchev–Trinajstić information content (AvgIpc) is 2.41. The molecule has 0 radical (unpaired) electrons. The van der Waals surface area contributed by atoms with E-state index in [-0.39, 0.29) is 5.41 Å². The van der Waals surface area contributed by atoms with E-state index >= 15 is 0 Å². The molecule has 0 aromatic rings. The Balaban J connectivity index is 0.000000126. The Morgan fingerprint density at radius 2 is 1.52 bits per heavy atom. The molecule has 6 aliphatic rings. The molecule has 4 bridgehead atoms. The Hall–Kier alpha value is -0.920. The molecule has 4 atom stereocenters. The summed E-state index contributed by atoms with van der Waals surface area (Å²) in [5.74, 6) is 3.16. The van der Waals surface area contributed by atoms with Crippen LogP contribution < -0.4 is 0 Å². The minimum absolute atomic E-state index is 0.276. The van der Waals surface area contributed by atoms with E-state index < -0.39 is 0 Å². The summed E-state index contributed by atoms with van der Waals surface area (Å²) >= 11 is 0. The second-order valence-electron chi connectivity index (χ2n) is 8.79. The number of hydrogen-bond acceptors (Lipinski definition) is 2. The molecule has 6 saturated carbocycles. The molecule has 2 nitrogen and oxygen atoms in total. The van der Waals surface area contributed by atoms with Crippen LogP contribution in [0.3, 0.4) is 0 Å². The van der Waals surface area contributed by atoms with E-state index in [2.05, 4.69) is 34.3 Å². The van der Waals surface area contributed by atoms with E-state index in [0.29, 0.717) is 28.8 Å². The van der Waals surface area contributed by atoms with E-state index in [1.165, 1.54) is 6.42 Å². The minimum atomic E-state index is 0.276. The van der Waals surface area contributed by atoms with Crippen LogP contribution in [0.25, 0.3) is 0 Å². The number of carbonyl (C=O) groups excluding carboxylic acids is 2. The summed E-state index contributed by atoms with van der Waals surface area (Å²) in [4.78, 5) is 22.7. The molecule has 6 aliphatic carbocycles.